The molecule has 5 rings (SSSR count). The third-order valence-corrected chi connectivity index (χ3v) is 6.80. The van der Waals surface area contributed by atoms with E-state index in [4.69, 9.17) is 9.47 Å². The van der Waals surface area contributed by atoms with Gasteiger partial charge in [-0.05, 0) is 54.4 Å². The zero-order valence-electron chi connectivity index (χ0n) is 19.3. The lowest BCUT2D eigenvalue weighted by atomic mass is 9.83. The number of fused-ring (bicyclic) bond motifs is 3. The van der Waals surface area contributed by atoms with E-state index in [2.05, 4.69) is 33.3 Å². The van der Waals surface area contributed by atoms with Crippen LogP contribution in [0.15, 0.2) is 66.7 Å². The van der Waals surface area contributed by atoms with E-state index in [1.54, 1.807) is 26.4 Å². The Balaban J connectivity index is 1.48. The number of benzene rings is 3. The smallest absolute Gasteiger partial charge is 0.229 e. The summed E-state index contributed by atoms with van der Waals surface area (Å²) in [5.41, 5.74) is 3.87. The van der Waals surface area contributed by atoms with Crippen molar-refractivity contribution in [2.75, 3.05) is 49.0 Å². The summed E-state index contributed by atoms with van der Waals surface area (Å²) in [6, 6.07) is 19.9. The van der Waals surface area contributed by atoms with Gasteiger partial charge in [0.2, 0.25) is 5.91 Å². The maximum Gasteiger partial charge on any atom is 0.229 e. The van der Waals surface area contributed by atoms with Crippen molar-refractivity contribution in [2.45, 2.75) is 12.5 Å². The highest BCUT2D eigenvalue weighted by atomic mass is 19.1. The van der Waals surface area contributed by atoms with Gasteiger partial charge < -0.3 is 24.6 Å². The van der Waals surface area contributed by atoms with Crippen molar-refractivity contribution in [3.63, 3.8) is 0 Å². The number of hydrogen-bond acceptors (Lipinski definition) is 5. The summed E-state index contributed by atoms with van der Waals surface area (Å²) in [6.07, 6.45) is 0.618. The van der Waals surface area contributed by atoms with Gasteiger partial charge in [0.15, 0.2) is 0 Å². The number of hydrogen-bond donors (Lipinski definition) is 1. The minimum Gasteiger partial charge on any atom is -0.497 e. The Hall–Kier alpha value is -3.74. The first-order chi connectivity index (χ1) is 16.6. The van der Waals surface area contributed by atoms with Crippen molar-refractivity contribution < 1.29 is 18.7 Å². The second kappa shape index (κ2) is 9.25. The van der Waals surface area contributed by atoms with Crippen LogP contribution in [0.1, 0.15) is 5.56 Å². The Kier molecular flexibility index (Phi) is 6.01. The van der Waals surface area contributed by atoms with Gasteiger partial charge in [-0.3, -0.25) is 4.79 Å². The average Bonchev–Trinajstić information content (AvgIpc) is 2.88. The summed E-state index contributed by atoms with van der Waals surface area (Å²) < 4.78 is 24.4. The van der Waals surface area contributed by atoms with Crippen LogP contribution in [-0.2, 0) is 11.2 Å². The molecule has 0 aliphatic carbocycles. The standard InChI is InChI=1S/C27H28FN3O3/c1-33-21-12-7-18-15-22(27(32)29-20-10-8-19(28)9-11-20)25-17-30(13-14-31(25)24(18)16-21)23-5-3-4-6-26(23)34-2/h3-12,16,22,25H,13-15,17H2,1-2H3,(H,29,32)/t22-,25+/m0/s1. The van der Waals surface area contributed by atoms with E-state index >= 15 is 0 Å². The molecule has 2 heterocycles. The van der Waals surface area contributed by atoms with E-state index < -0.39 is 0 Å². The molecule has 176 valence electrons. The Bertz CT molecular complexity index is 1180. The first-order valence-corrected chi connectivity index (χ1v) is 11.5. The molecule has 0 spiro atoms. The fourth-order valence-corrected chi connectivity index (χ4v) is 5.08. The molecule has 2 aliphatic rings. The normalized spacial score (nSPS) is 19.1. The van der Waals surface area contributed by atoms with Gasteiger partial charge in [0, 0.05) is 37.1 Å². The lowest BCUT2D eigenvalue weighted by Crippen LogP contribution is -2.60. The average molecular weight is 462 g/mol. The van der Waals surface area contributed by atoms with Crippen LogP contribution in [0.2, 0.25) is 0 Å². The second-order valence-electron chi connectivity index (χ2n) is 8.68. The molecule has 7 heteroatoms. The minimum absolute atomic E-state index is 0.0429. The van der Waals surface area contributed by atoms with Gasteiger partial charge >= 0.3 is 0 Å². The summed E-state index contributed by atoms with van der Waals surface area (Å²) in [5.74, 6) is 0.956. The predicted molar refractivity (Wildman–Crippen MR) is 132 cm³/mol. The van der Waals surface area contributed by atoms with E-state index in [9.17, 15) is 9.18 Å². The van der Waals surface area contributed by atoms with Crippen LogP contribution >= 0.6 is 0 Å². The Morgan fingerprint density at radius 1 is 0.971 bits per heavy atom. The number of amides is 1. The van der Waals surface area contributed by atoms with E-state index in [1.165, 1.54) is 12.1 Å². The molecule has 3 aromatic rings. The van der Waals surface area contributed by atoms with Gasteiger partial charge in [0.25, 0.3) is 0 Å². The van der Waals surface area contributed by atoms with Gasteiger partial charge in [-0.15, -0.1) is 0 Å². The molecule has 2 aliphatic heterocycles. The summed E-state index contributed by atoms with van der Waals surface area (Å²) in [6.45, 7) is 2.25. The predicted octanol–water partition coefficient (Wildman–Crippen LogP) is 4.35. The number of rotatable bonds is 5. The Morgan fingerprint density at radius 3 is 2.53 bits per heavy atom. The Labute approximate surface area is 198 Å². The summed E-state index contributed by atoms with van der Waals surface area (Å²) >= 11 is 0. The largest absolute Gasteiger partial charge is 0.497 e. The van der Waals surface area contributed by atoms with E-state index in [1.807, 2.05) is 24.3 Å². The second-order valence-corrected chi connectivity index (χ2v) is 8.68. The molecule has 0 aromatic heterocycles. The van der Waals surface area contributed by atoms with Gasteiger partial charge in [0.05, 0.1) is 31.9 Å². The number of para-hydroxylation sites is 2. The number of nitrogens with one attached hydrogen (secondary N) is 1. The number of halogens is 1. The summed E-state index contributed by atoms with van der Waals surface area (Å²) in [4.78, 5) is 18.1. The van der Waals surface area contributed by atoms with Crippen LogP contribution in [-0.4, -0.2) is 45.8 Å². The van der Waals surface area contributed by atoms with E-state index in [0.29, 0.717) is 18.7 Å². The molecular weight excluding hydrogens is 433 g/mol. The number of piperazine rings is 1. The van der Waals surface area contributed by atoms with Crippen LogP contribution < -0.4 is 24.6 Å². The third-order valence-electron chi connectivity index (χ3n) is 6.80. The topological polar surface area (TPSA) is 54.0 Å². The highest BCUT2D eigenvalue weighted by Gasteiger charge is 2.42. The summed E-state index contributed by atoms with van der Waals surface area (Å²) in [5, 5.41) is 3.00. The molecule has 1 N–H and O–H groups in total. The molecule has 0 saturated carbocycles. The maximum absolute atomic E-state index is 13.5. The molecule has 0 bridgehead atoms. The molecule has 6 nitrogen and oxygen atoms in total. The van der Waals surface area contributed by atoms with Crippen molar-refractivity contribution in [3.05, 3.63) is 78.1 Å². The molecule has 3 aromatic carbocycles. The summed E-state index contributed by atoms with van der Waals surface area (Å²) in [7, 11) is 3.34. The van der Waals surface area contributed by atoms with Gasteiger partial charge in [0.1, 0.15) is 17.3 Å². The first kappa shape index (κ1) is 22.1. The molecule has 2 atom stereocenters. The van der Waals surface area contributed by atoms with Crippen molar-refractivity contribution in [1.29, 1.82) is 0 Å². The fourth-order valence-electron chi connectivity index (χ4n) is 5.08. The van der Waals surface area contributed by atoms with E-state index in [-0.39, 0.29) is 23.7 Å². The number of ether oxygens (including phenoxy) is 2. The SMILES string of the molecule is COc1ccc2c(c1)N1CCN(c3ccccc3OC)C[C@@H]1[C@@H](C(=O)Nc1ccc(F)cc1)C2. The Morgan fingerprint density at radius 2 is 1.76 bits per heavy atom. The van der Waals surface area contributed by atoms with Crippen LogP contribution in [0.5, 0.6) is 11.5 Å². The van der Waals surface area contributed by atoms with E-state index in [0.717, 1.165) is 41.5 Å². The lowest BCUT2D eigenvalue weighted by molar-refractivity contribution is -0.120. The van der Waals surface area contributed by atoms with Crippen molar-refractivity contribution in [1.82, 2.24) is 0 Å². The van der Waals surface area contributed by atoms with Crippen LogP contribution in [0.4, 0.5) is 21.5 Å². The molecule has 1 amide bonds. The molecular formula is C27H28FN3O3. The van der Waals surface area contributed by atoms with Crippen LogP contribution in [0.3, 0.4) is 0 Å². The highest BCUT2D eigenvalue weighted by molar-refractivity contribution is 5.94. The molecule has 34 heavy (non-hydrogen) atoms. The zero-order valence-corrected chi connectivity index (χ0v) is 19.3. The number of carbonyl (C=O) groups is 1. The molecule has 1 saturated heterocycles. The van der Waals surface area contributed by atoms with Gasteiger partial charge in [-0.1, -0.05) is 18.2 Å². The fraction of sp³-hybridized carbons (Fsp3) is 0.296. The third kappa shape index (κ3) is 4.14. The number of methoxy groups -OCH3 is 2. The van der Waals surface area contributed by atoms with Crippen molar-refractivity contribution >= 4 is 23.0 Å². The monoisotopic (exact) mass is 461 g/mol. The number of carbonyl (C=O) groups excluding carboxylic acids is 1. The van der Waals surface area contributed by atoms with Gasteiger partial charge in [-0.2, -0.15) is 0 Å². The van der Waals surface area contributed by atoms with Crippen LogP contribution in [0, 0.1) is 11.7 Å². The van der Waals surface area contributed by atoms with Crippen LogP contribution in [0.25, 0.3) is 0 Å². The maximum atomic E-state index is 13.5. The number of anilines is 3. The molecule has 0 unspecified atom stereocenters. The van der Waals surface area contributed by atoms with Crippen molar-refractivity contribution in [3.8, 4) is 11.5 Å². The molecule has 0 radical (unpaired) electrons. The highest BCUT2D eigenvalue weighted by Crippen LogP contribution is 2.40. The minimum atomic E-state index is -0.329. The zero-order chi connectivity index (χ0) is 23.7. The number of nitrogens with zero attached hydrogens (tertiary/aromatic N) is 2. The van der Waals surface area contributed by atoms with Gasteiger partial charge in [-0.25, -0.2) is 4.39 Å². The molecule has 1 fully saturated rings. The van der Waals surface area contributed by atoms with Crippen molar-refractivity contribution in [2.24, 2.45) is 5.92 Å². The lowest BCUT2D eigenvalue weighted by Gasteiger charge is -2.49. The quantitative estimate of drug-likeness (QED) is 0.612. The first-order valence-electron chi connectivity index (χ1n) is 11.5.